The maximum atomic E-state index is 11.3. The van der Waals surface area contributed by atoms with Crippen LogP contribution in [0.4, 0.5) is 0 Å². The first kappa shape index (κ1) is 13.5. The van der Waals surface area contributed by atoms with E-state index in [4.69, 9.17) is 4.74 Å². The lowest BCUT2D eigenvalue weighted by atomic mass is 10.0. The minimum absolute atomic E-state index is 0.208. The van der Waals surface area contributed by atoms with Gasteiger partial charge in [-0.3, -0.25) is 4.79 Å². The van der Waals surface area contributed by atoms with Crippen molar-refractivity contribution in [3.05, 3.63) is 0 Å². The molecule has 1 N–H and O–H groups in total. The van der Waals surface area contributed by atoms with Crippen molar-refractivity contribution in [3.8, 4) is 0 Å². The van der Waals surface area contributed by atoms with Crippen molar-refractivity contribution in [1.29, 1.82) is 0 Å². The van der Waals surface area contributed by atoms with Crippen LogP contribution in [0.3, 0.4) is 0 Å². The molecule has 0 aromatic heterocycles. The summed E-state index contributed by atoms with van der Waals surface area (Å²) >= 11 is 0. The maximum absolute atomic E-state index is 11.3. The molecule has 1 fully saturated rings. The van der Waals surface area contributed by atoms with Crippen molar-refractivity contribution < 1.29 is 9.53 Å². The van der Waals surface area contributed by atoms with Crippen LogP contribution in [0.15, 0.2) is 0 Å². The summed E-state index contributed by atoms with van der Waals surface area (Å²) in [7, 11) is 3.60. The number of hydrogen-bond donors (Lipinski definition) is 1. The number of nitrogens with one attached hydrogen (secondary N) is 1. The van der Waals surface area contributed by atoms with Crippen LogP contribution in [0.25, 0.3) is 0 Å². The molecule has 2 atom stereocenters. The molecule has 2 unspecified atom stereocenters. The van der Waals surface area contributed by atoms with E-state index in [0.29, 0.717) is 18.4 Å². The highest BCUT2D eigenvalue weighted by molar-refractivity contribution is 5.75. The van der Waals surface area contributed by atoms with Gasteiger partial charge in [0.2, 0.25) is 5.91 Å². The molecule has 16 heavy (non-hydrogen) atoms. The first-order valence-electron chi connectivity index (χ1n) is 6.13. The van der Waals surface area contributed by atoms with Gasteiger partial charge in [0.15, 0.2) is 0 Å². The van der Waals surface area contributed by atoms with Crippen LogP contribution >= 0.6 is 0 Å². The summed E-state index contributed by atoms with van der Waals surface area (Å²) in [5.74, 6) is 0.851. The van der Waals surface area contributed by atoms with Gasteiger partial charge in [0.05, 0.1) is 6.10 Å². The van der Waals surface area contributed by atoms with Gasteiger partial charge in [-0.1, -0.05) is 0 Å². The Morgan fingerprint density at radius 1 is 1.50 bits per heavy atom. The molecule has 4 heteroatoms. The van der Waals surface area contributed by atoms with Crippen LogP contribution in [-0.2, 0) is 9.53 Å². The van der Waals surface area contributed by atoms with Crippen molar-refractivity contribution in [2.24, 2.45) is 5.92 Å². The molecular formula is C12H24N2O2. The molecule has 0 spiro atoms. The van der Waals surface area contributed by atoms with Crippen molar-refractivity contribution in [1.82, 2.24) is 10.2 Å². The first-order valence-corrected chi connectivity index (χ1v) is 6.13. The molecule has 0 aromatic carbocycles. The number of carbonyl (C=O) groups excluding carboxylic acids is 1. The van der Waals surface area contributed by atoms with Crippen molar-refractivity contribution >= 4 is 5.91 Å². The van der Waals surface area contributed by atoms with Crippen molar-refractivity contribution in [3.63, 3.8) is 0 Å². The number of nitrogens with zero attached hydrogens (tertiary/aromatic N) is 1. The predicted octanol–water partition coefficient (Wildman–Crippen LogP) is 0.869. The standard InChI is InChI=1S/C12H24N2O2/c1-10-11(6-8-16-10)9-13-7-4-5-12(15)14(2)3/h10-11,13H,4-9H2,1-3H3. The number of ether oxygens (including phenoxy) is 1. The average Bonchev–Trinajstić information content (AvgIpc) is 2.63. The minimum atomic E-state index is 0.208. The monoisotopic (exact) mass is 228 g/mol. The lowest BCUT2D eigenvalue weighted by molar-refractivity contribution is -0.128. The van der Waals surface area contributed by atoms with E-state index >= 15 is 0 Å². The van der Waals surface area contributed by atoms with Gasteiger partial charge < -0.3 is 15.0 Å². The molecule has 0 aliphatic carbocycles. The van der Waals surface area contributed by atoms with E-state index in [9.17, 15) is 4.79 Å². The van der Waals surface area contributed by atoms with Crippen molar-refractivity contribution in [2.75, 3.05) is 33.8 Å². The molecule has 1 aliphatic rings. The molecule has 1 rings (SSSR count). The molecule has 0 bridgehead atoms. The summed E-state index contributed by atoms with van der Waals surface area (Å²) < 4.78 is 5.49. The highest BCUT2D eigenvalue weighted by Crippen LogP contribution is 2.19. The number of amides is 1. The zero-order chi connectivity index (χ0) is 12.0. The van der Waals surface area contributed by atoms with Gasteiger partial charge in [-0.05, 0) is 32.2 Å². The van der Waals surface area contributed by atoms with Crippen LogP contribution in [0.2, 0.25) is 0 Å². The molecule has 1 saturated heterocycles. The van der Waals surface area contributed by atoms with E-state index in [1.807, 2.05) is 0 Å². The molecule has 0 aromatic rings. The topological polar surface area (TPSA) is 41.6 Å². The molecule has 1 aliphatic heterocycles. The van der Waals surface area contributed by atoms with Gasteiger partial charge in [0, 0.05) is 33.7 Å². The first-order chi connectivity index (χ1) is 7.61. The van der Waals surface area contributed by atoms with Gasteiger partial charge in [0.1, 0.15) is 0 Å². The summed E-state index contributed by atoms with van der Waals surface area (Å²) in [4.78, 5) is 12.9. The number of rotatable bonds is 6. The maximum Gasteiger partial charge on any atom is 0.222 e. The van der Waals surface area contributed by atoms with Crippen LogP contribution < -0.4 is 5.32 Å². The quantitative estimate of drug-likeness (QED) is 0.686. The van der Waals surface area contributed by atoms with E-state index < -0.39 is 0 Å². The smallest absolute Gasteiger partial charge is 0.222 e. The van der Waals surface area contributed by atoms with E-state index in [-0.39, 0.29) is 5.91 Å². The van der Waals surface area contributed by atoms with E-state index in [2.05, 4.69) is 12.2 Å². The van der Waals surface area contributed by atoms with Crippen molar-refractivity contribution in [2.45, 2.75) is 32.3 Å². The Bertz CT molecular complexity index is 219. The Balaban J connectivity index is 1.97. The second-order valence-corrected chi connectivity index (χ2v) is 4.72. The Kier molecular flexibility index (Phi) is 5.77. The fraction of sp³-hybridized carbons (Fsp3) is 0.917. The summed E-state index contributed by atoms with van der Waals surface area (Å²) in [6.07, 6.45) is 3.09. The predicted molar refractivity (Wildman–Crippen MR) is 64.3 cm³/mol. The molecule has 94 valence electrons. The van der Waals surface area contributed by atoms with Crippen LogP contribution in [0.5, 0.6) is 0 Å². The van der Waals surface area contributed by atoms with Gasteiger partial charge in [-0.25, -0.2) is 0 Å². The number of carbonyl (C=O) groups is 1. The Hall–Kier alpha value is -0.610. The highest BCUT2D eigenvalue weighted by atomic mass is 16.5. The normalized spacial score (nSPS) is 24.7. The number of hydrogen-bond acceptors (Lipinski definition) is 3. The highest BCUT2D eigenvalue weighted by Gasteiger charge is 2.23. The fourth-order valence-corrected chi connectivity index (χ4v) is 1.92. The molecule has 1 heterocycles. The summed E-state index contributed by atoms with van der Waals surface area (Å²) in [6, 6.07) is 0. The van der Waals surface area contributed by atoms with Crippen LogP contribution in [0.1, 0.15) is 26.2 Å². The zero-order valence-corrected chi connectivity index (χ0v) is 10.7. The van der Waals surface area contributed by atoms with Gasteiger partial charge in [0.25, 0.3) is 0 Å². The lowest BCUT2D eigenvalue weighted by Crippen LogP contribution is -2.29. The average molecular weight is 228 g/mol. The van der Waals surface area contributed by atoms with Gasteiger partial charge >= 0.3 is 0 Å². The fourth-order valence-electron chi connectivity index (χ4n) is 1.92. The largest absolute Gasteiger partial charge is 0.378 e. The lowest BCUT2D eigenvalue weighted by Gasteiger charge is -2.15. The summed E-state index contributed by atoms with van der Waals surface area (Å²) in [5, 5.41) is 3.40. The Labute approximate surface area is 98.3 Å². The minimum Gasteiger partial charge on any atom is -0.378 e. The third kappa shape index (κ3) is 4.49. The molecule has 4 nitrogen and oxygen atoms in total. The summed E-state index contributed by atoms with van der Waals surface area (Å²) in [6.45, 7) is 4.96. The second kappa shape index (κ2) is 6.86. The van der Waals surface area contributed by atoms with E-state index in [0.717, 1.165) is 32.5 Å². The van der Waals surface area contributed by atoms with Gasteiger partial charge in [-0.2, -0.15) is 0 Å². The SMILES string of the molecule is CC1OCCC1CNCCCC(=O)N(C)C. The zero-order valence-electron chi connectivity index (χ0n) is 10.7. The van der Waals surface area contributed by atoms with Gasteiger partial charge in [-0.15, -0.1) is 0 Å². The van der Waals surface area contributed by atoms with E-state index in [1.165, 1.54) is 0 Å². The Morgan fingerprint density at radius 3 is 2.81 bits per heavy atom. The van der Waals surface area contributed by atoms with Crippen LogP contribution in [-0.4, -0.2) is 50.7 Å². The third-order valence-electron chi connectivity index (χ3n) is 3.18. The van der Waals surface area contributed by atoms with E-state index in [1.54, 1.807) is 19.0 Å². The molecule has 0 saturated carbocycles. The summed E-state index contributed by atoms with van der Waals surface area (Å²) in [5.41, 5.74) is 0. The molecular weight excluding hydrogens is 204 g/mol. The molecule has 0 radical (unpaired) electrons. The Morgan fingerprint density at radius 2 is 2.25 bits per heavy atom. The van der Waals surface area contributed by atoms with Crippen LogP contribution in [0, 0.1) is 5.92 Å². The third-order valence-corrected chi connectivity index (χ3v) is 3.18. The second-order valence-electron chi connectivity index (χ2n) is 4.72. The molecule has 1 amide bonds.